The molecule has 0 fully saturated rings. The number of hydrogen-bond donors (Lipinski definition) is 0. The summed E-state index contributed by atoms with van der Waals surface area (Å²) in [6, 6.07) is 0. The van der Waals surface area contributed by atoms with Crippen molar-refractivity contribution in [3.63, 3.8) is 0 Å². The minimum atomic E-state index is -0.294. The topological polar surface area (TPSA) is 17.1 Å². The minimum Gasteiger partial charge on any atom is -0.302 e. The fourth-order valence-corrected chi connectivity index (χ4v) is 1.12. The Morgan fingerprint density at radius 2 is 2.08 bits per heavy atom. The largest absolute Gasteiger partial charge is 0.302 e. The van der Waals surface area contributed by atoms with Gasteiger partial charge in [-0.3, -0.25) is 0 Å². The average Bonchev–Trinajstić information content (AvgIpc) is 2.13. The second kappa shape index (κ2) is 5.76. The van der Waals surface area contributed by atoms with Crippen molar-refractivity contribution in [3.05, 3.63) is 24.8 Å². The van der Waals surface area contributed by atoms with E-state index in [4.69, 9.17) is 0 Å². The summed E-state index contributed by atoms with van der Waals surface area (Å²) in [6.07, 6.45) is 9.44. The van der Waals surface area contributed by atoms with Crippen molar-refractivity contribution in [3.8, 4) is 0 Å². The summed E-state index contributed by atoms with van der Waals surface area (Å²) in [4.78, 5) is 10.9. The van der Waals surface area contributed by atoms with Gasteiger partial charge in [0.25, 0.3) is 0 Å². The van der Waals surface area contributed by atoms with Crippen LogP contribution in [0.1, 0.15) is 33.1 Å². The van der Waals surface area contributed by atoms with Gasteiger partial charge in [0.1, 0.15) is 6.29 Å². The molecule has 0 spiro atoms. The van der Waals surface area contributed by atoms with Crippen LogP contribution in [0.3, 0.4) is 0 Å². The van der Waals surface area contributed by atoms with Crippen LogP contribution in [-0.2, 0) is 4.79 Å². The number of allylic oxidation sites excluding steroid dienone is 3. The smallest absolute Gasteiger partial charge is 0.130 e. The zero-order chi connectivity index (χ0) is 9.45. The van der Waals surface area contributed by atoms with Crippen LogP contribution in [0.5, 0.6) is 0 Å². The standard InChI is InChI=1S/C11H18O/c1-4-7-9-11(6-3,10-12)8-5-2/h5,7,9-10H,2,4,6,8H2,1,3H3/b9-7+. The third-order valence-electron chi connectivity index (χ3n) is 2.10. The highest BCUT2D eigenvalue weighted by molar-refractivity contribution is 5.63. The summed E-state index contributed by atoms with van der Waals surface area (Å²) < 4.78 is 0. The van der Waals surface area contributed by atoms with Crippen molar-refractivity contribution in [2.45, 2.75) is 33.1 Å². The predicted molar refractivity (Wildman–Crippen MR) is 53.0 cm³/mol. The quantitative estimate of drug-likeness (QED) is 0.437. The molecule has 1 nitrogen and oxygen atoms in total. The maximum absolute atomic E-state index is 10.9. The van der Waals surface area contributed by atoms with Crippen LogP contribution in [0.2, 0.25) is 0 Å². The molecule has 0 aromatic heterocycles. The molecule has 0 bridgehead atoms. The van der Waals surface area contributed by atoms with Crippen LogP contribution in [0, 0.1) is 5.41 Å². The molecule has 0 aromatic carbocycles. The highest BCUT2D eigenvalue weighted by Gasteiger charge is 2.21. The molecular weight excluding hydrogens is 148 g/mol. The van der Waals surface area contributed by atoms with E-state index in [1.54, 1.807) is 6.08 Å². The van der Waals surface area contributed by atoms with Crippen LogP contribution in [0.15, 0.2) is 24.8 Å². The summed E-state index contributed by atoms with van der Waals surface area (Å²) >= 11 is 0. The molecule has 0 aliphatic rings. The van der Waals surface area contributed by atoms with Crippen molar-refractivity contribution in [2.75, 3.05) is 0 Å². The van der Waals surface area contributed by atoms with Gasteiger partial charge >= 0.3 is 0 Å². The number of hydrogen-bond acceptors (Lipinski definition) is 1. The second-order valence-corrected chi connectivity index (χ2v) is 3.01. The van der Waals surface area contributed by atoms with Crippen molar-refractivity contribution in [1.82, 2.24) is 0 Å². The van der Waals surface area contributed by atoms with Gasteiger partial charge in [0.05, 0.1) is 0 Å². The van der Waals surface area contributed by atoms with Crippen molar-refractivity contribution >= 4 is 6.29 Å². The van der Waals surface area contributed by atoms with E-state index in [2.05, 4.69) is 13.5 Å². The Bertz CT molecular complexity index is 170. The predicted octanol–water partition coefficient (Wildman–Crippen LogP) is 3.12. The van der Waals surface area contributed by atoms with Gasteiger partial charge in [0, 0.05) is 5.41 Å². The van der Waals surface area contributed by atoms with E-state index in [0.717, 1.165) is 25.5 Å². The molecule has 0 aliphatic heterocycles. The van der Waals surface area contributed by atoms with Gasteiger partial charge in [-0.15, -0.1) is 6.58 Å². The lowest BCUT2D eigenvalue weighted by molar-refractivity contribution is -0.114. The van der Waals surface area contributed by atoms with Crippen molar-refractivity contribution in [2.24, 2.45) is 5.41 Å². The summed E-state index contributed by atoms with van der Waals surface area (Å²) in [5.74, 6) is 0. The third-order valence-corrected chi connectivity index (χ3v) is 2.10. The summed E-state index contributed by atoms with van der Waals surface area (Å²) in [6.45, 7) is 7.75. The third kappa shape index (κ3) is 3.04. The molecule has 0 amide bonds. The van der Waals surface area contributed by atoms with Crippen molar-refractivity contribution < 1.29 is 4.79 Å². The van der Waals surface area contributed by atoms with Gasteiger partial charge in [0.2, 0.25) is 0 Å². The van der Waals surface area contributed by atoms with Gasteiger partial charge < -0.3 is 4.79 Å². The maximum atomic E-state index is 10.9. The van der Waals surface area contributed by atoms with E-state index in [0.29, 0.717) is 0 Å². The van der Waals surface area contributed by atoms with Gasteiger partial charge in [-0.1, -0.05) is 32.1 Å². The summed E-state index contributed by atoms with van der Waals surface area (Å²) in [5.41, 5.74) is -0.294. The molecule has 0 N–H and O–H groups in total. The number of aldehydes is 1. The number of carbonyl (C=O) groups excluding carboxylic acids is 1. The average molecular weight is 166 g/mol. The first kappa shape index (κ1) is 11.2. The van der Waals surface area contributed by atoms with Crippen molar-refractivity contribution in [1.29, 1.82) is 0 Å². The lowest BCUT2D eigenvalue weighted by atomic mass is 9.83. The Morgan fingerprint density at radius 1 is 1.42 bits per heavy atom. The lowest BCUT2D eigenvalue weighted by Gasteiger charge is -2.20. The molecule has 0 rings (SSSR count). The molecule has 0 aromatic rings. The molecule has 12 heavy (non-hydrogen) atoms. The Labute approximate surface area is 75.2 Å². The van der Waals surface area contributed by atoms with E-state index >= 15 is 0 Å². The highest BCUT2D eigenvalue weighted by atomic mass is 16.1. The first-order valence-electron chi connectivity index (χ1n) is 4.49. The Balaban J connectivity index is 4.44. The molecule has 0 saturated heterocycles. The van der Waals surface area contributed by atoms with E-state index < -0.39 is 0 Å². The van der Waals surface area contributed by atoms with Gasteiger partial charge in [-0.05, 0) is 19.3 Å². The Kier molecular flexibility index (Phi) is 5.35. The van der Waals surface area contributed by atoms with E-state index in [9.17, 15) is 4.79 Å². The fraction of sp³-hybridized carbons (Fsp3) is 0.545. The summed E-state index contributed by atoms with van der Waals surface area (Å²) in [7, 11) is 0. The van der Waals surface area contributed by atoms with Crippen LogP contribution in [-0.4, -0.2) is 6.29 Å². The van der Waals surface area contributed by atoms with Crippen LogP contribution < -0.4 is 0 Å². The maximum Gasteiger partial charge on any atom is 0.130 e. The van der Waals surface area contributed by atoms with Crippen LogP contribution >= 0.6 is 0 Å². The lowest BCUT2D eigenvalue weighted by Crippen LogP contribution is -2.17. The summed E-state index contributed by atoms with van der Waals surface area (Å²) in [5, 5.41) is 0. The zero-order valence-electron chi connectivity index (χ0n) is 8.05. The molecule has 1 unspecified atom stereocenters. The number of rotatable bonds is 6. The molecule has 68 valence electrons. The zero-order valence-corrected chi connectivity index (χ0v) is 8.05. The second-order valence-electron chi connectivity index (χ2n) is 3.01. The van der Waals surface area contributed by atoms with Gasteiger partial charge in [-0.25, -0.2) is 0 Å². The molecular formula is C11H18O. The minimum absolute atomic E-state index is 0.294. The highest BCUT2D eigenvalue weighted by Crippen LogP contribution is 2.26. The SMILES string of the molecule is C=CCC(C=O)(/C=C/CC)CC. The molecule has 1 atom stereocenters. The molecule has 0 radical (unpaired) electrons. The molecule has 0 heterocycles. The van der Waals surface area contributed by atoms with E-state index in [-0.39, 0.29) is 5.41 Å². The molecule has 0 aliphatic carbocycles. The monoisotopic (exact) mass is 166 g/mol. The Hall–Kier alpha value is -0.850. The Morgan fingerprint density at radius 3 is 2.42 bits per heavy atom. The molecule has 0 saturated carbocycles. The van der Waals surface area contributed by atoms with Gasteiger partial charge in [0.15, 0.2) is 0 Å². The molecule has 1 heteroatoms. The number of carbonyl (C=O) groups is 1. The normalized spacial score (nSPS) is 15.8. The fourth-order valence-electron chi connectivity index (χ4n) is 1.12. The van der Waals surface area contributed by atoms with E-state index in [1.165, 1.54) is 0 Å². The first-order valence-corrected chi connectivity index (χ1v) is 4.49. The van der Waals surface area contributed by atoms with E-state index in [1.807, 2.05) is 19.1 Å². The first-order chi connectivity index (χ1) is 5.74. The van der Waals surface area contributed by atoms with Crippen LogP contribution in [0.25, 0.3) is 0 Å². The van der Waals surface area contributed by atoms with Gasteiger partial charge in [-0.2, -0.15) is 0 Å². The van der Waals surface area contributed by atoms with Crippen LogP contribution in [0.4, 0.5) is 0 Å².